The Labute approximate surface area is 143 Å². The van der Waals surface area contributed by atoms with Crippen molar-refractivity contribution in [3.05, 3.63) is 34.9 Å². The minimum Gasteiger partial charge on any atom is -0.357 e. The van der Waals surface area contributed by atoms with Crippen LogP contribution in [0, 0.1) is 12.3 Å². The SMILES string of the molecule is C#CCNC(=NCCCc1ccc(Cl)cc1)NCC.I. The zero-order valence-corrected chi connectivity index (χ0v) is 14.7. The Hall–Kier alpha value is -0.930. The average molecular weight is 406 g/mol. The minimum atomic E-state index is 0. The first-order valence-corrected chi connectivity index (χ1v) is 6.84. The normalized spacial score (nSPS) is 10.3. The van der Waals surface area contributed by atoms with E-state index in [1.165, 1.54) is 5.56 Å². The minimum absolute atomic E-state index is 0. The maximum atomic E-state index is 5.84. The molecule has 0 bridgehead atoms. The number of rotatable bonds is 6. The highest BCUT2D eigenvalue weighted by molar-refractivity contribution is 14.0. The van der Waals surface area contributed by atoms with Crippen molar-refractivity contribution in [3.63, 3.8) is 0 Å². The van der Waals surface area contributed by atoms with E-state index < -0.39 is 0 Å². The quantitative estimate of drug-likeness (QED) is 0.251. The van der Waals surface area contributed by atoms with Crippen LogP contribution < -0.4 is 10.6 Å². The van der Waals surface area contributed by atoms with Gasteiger partial charge in [-0.15, -0.1) is 30.4 Å². The molecule has 1 rings (SSSR count). The number of guanidine groups is 1. The Kier molecular flexibility index (Phi) is 11.3. The van der Waals surface area contributed by atoms with Gasteiger partial charge in [-0.1, -0.05) is 29.7 Å². The maximum absolute atomic E-state index is 5.84. The summed E-state index contributed by atoms with van der Waals surface area (Å²) in [6.45, 7) is 4.11. The zero-order valence-electron chi connectivity index (χ0n) is 11.7. The van der Waals surface area contributed by atoms with E-state index in [1.807, 2.05) is 31.2 Å². The molecule has 0 amide bonds. The lowest BCUT2D eigenvalue weighted by molar-refractivity contribution is 0.804. The number of hydrogen-bond acceptors (Lipinski definition) is 1. The molecule has 0 aromatic heterocycles. The maximum Gasteiger partial charge on any atom is 0.192 e. The van der Waals surface area contributed by atoms with Gasteiger partial charge in [0.1, 0.15) is 0 Å². The molecular weight excluding hydrogens is 385 g/mol. The van der Waals surface area contributed by atoms with Crippen LogP contribution in [0.15, 0.2) is 29.3 Å². The van der Waals surface area contributed by atoms with Crippen molar-refractivity contribution in [2.24, 2.45) is 4.99 Å². The van der Waals surface area contributed by atoms with Gasteiger partial charge in [0.25, 0.3) is 0 Å². The van der Waals surface area contributed by atoms with E-state index in [1.54, 1.807) is 0 Å². The van der Waals surface area contributed by atoms with Gasteiger partial charge in [-0.05, 0) is 37.5 Å². The molecule has 20 heavy (non-hydrogen) atoms. The molecule has 0 radical (unpaired) electrons. The largest absolute Gasteiger partial charge is 0.357 e. The summed E-state index contributed by atoms with van der Waals surface area (Å²) < 4.78 is 0. The number of aryl methyl sites for hydroxylation is 1. The van der Waals surface area contributed by atoms with Crippen LogP contribution in [0.25, 0.3) is 0 Å². The first-order valence-electron chi connectivity index (χ1n) is 6.46. The molecule has 5 heteroatoms. The Morgan fingerprint density at radius 1 is 1.30 bits per heavy atom. The lowest BCUT2D eigenvalue weighted by atomic mass is 10.1. The zero-order chi connectivity index (χ0) is 13.9. The first-order chi connectivity index (χ1) is 9.26. The molecule has 3 nitrogen and oxygen atoms in total. The Morgan fingerprint density at radius 3 is 2.60 bits per heavy atom. The molecule has 1 aromatic rings. The van der Waals surface area contributed by atoms with E-state index in [0.29, 0.717) is 6.54 Å². The fourth-order valence-electron chi connectivity index (χ4n) is 1.60. The van der Waals surface area contributed by atoms with Crippen LogP contribution in [0.1, 0.15) is 18.9 Å². The average Bonchev–Trinajstić information content (AvgIpc) is 2.42. The third kappa shape index (κ3) is 8.28. The van der Waals surface area contributed by atoms with E-state index >= 15 is 0 Å². The standard InChI is InChI=1S/C15H20ClN3.HI/c1-3-11-18-15(17-4-2)19-12-5-6-13-7-9-14(16)10-8-13;/h1,7-10H,4-6,11-12H2,2H3,(H2,17,18,19);1H. The molecule has 0 aliphatic carbocycles. The third-order valence-corrected chi connectivity index (χ3v) is 2.76. The highest BCUT2D eigenvalue weighted by atomic mass is 127. The van der Waals surface area contributed by atoms with Crippen LogP contribution in [0.2, 0.25) is 5.02 Å². The van der Waals surface area contributed by atoms with Gasteiger partial charge in [-0.25, -0.2) is 0 Å². The molecular formula is C15H21ClIN3. The molecule has 2 N–H and O–H groups in total. The number of terminal acetylenes is 1. The number of nitrogens with one attached hydrogen (secondary N) is 2. The molecule has 1 aromatic carbocycles. The lowest BCUT2D eigenvalue weighted by Crippen LogP contribution is -2.37. The van der Waals surface area contributed by atoms with E-state index in [9.17, 15) is 0 Å². The summed E-state index contributed by atoms with van der Waals surface area (Å²) in [6, 6.07) is 7.93. The van der Waals surface area contributed by atoms with E-state index in [4.69, 9.17) is 18.0 Å². The summed E-state index contributed by atoms with van der Waals surface area (Å²) in [5.74, 6) is 3.31. The van der Waals surface area contributed by atoms with Crippen LogP contribution in [0.4, 0.5) is 0 Å². The predicted molar refractivity (Wildman–Crippen MR) is 98.0 cm³/mol. The molecule has 0 unspecified atom stereocenters. The predicted octanol–water partition coefficient (Wildman–Crippen LogP) is 3.08. The summed E-state index contributed by atoms with van der Waals surface area (Å²) in [5, 5.41) is 6.98. The summed E-state index contributed by atoms with van der Waals surface area (Å²) in [4.78, 5) is 4.46. The fourth-order valence-corrected chi connectivity index (χ4v) is 1.73. The molecule has 0 spiro atoms. The van der Waals surface area contributed by atoms with Crippen LogP contribution in [-0.2, 0) is 6.42 Å². The van der Waals surface area contributed by atoms with Crippen LogP contribution >= 0.6 is 35.6 Å². The van der Waals surface area contributed by atoms with Crippen molar-refractivity contribution in [2.45, 2.75) is 19.8 Å². The molecule has 110 valence electrons. The van der Waals surface area contributed by atoms with Crippen molar-refractivity contribution >= 4 is 41.5 Å². The molecule has 0 atom stereocenters. The number of halogens is 2. The second kappa shape index (κ2) is 11.9. The van der Waals surface area contributed by atoms with Gasteiger partial charge >= 0.3 is 0 Å². The van der Waals surface area contributed by atoms with Crippen molar-refractivity contribution in [3.8, 4) is 12.3 Å². The molecule has 0 aliphatic heterocycles. The Balaban J connectivity index is 0.00000361. The second-order valence-corrected chi connectivity index (χ2v) is 4.48. The fraction of sp³-hybridized carbons (Fsp3) is 0.400. The summed E-state index contributed by atoms with van der Waals surface area (Å²) in [5.41, 5.74) is 1.28. The topological polar surface area (TPSA) is 36.4 Å². The summed E-state index contributed by atoms with van der Waals surface area (Å²) >= 11 is 5.84. The van der Waals surface area contributed by atoms with Gasteiger partial charge in [0.05, 0.1) is 6.54 Å². The molecule has 0 heterocycles. The molecule has 0 fully saturated rings. The summed E-state index contributed by atoms with van der Waals surface area (Å²) in [7, 11) is 0. The van der Waals surface area contributed by atoms with Crippen molar-refractivity contribution in [1.82, 2.24) is 10.6 Å². The second-order valence-electron chi connectivity index (χ2n) is 4.05. The number of aliphatic imine (C=N–C) groups is 1. The number of hydrogen-bond donors (Lipinski definition) is 2. The van der Waals surface area contributed by atoms with Gasteiger partial charge in [-0.2, -0.15) is 0 Å². The molecule has 0 saturated carbocycles. The van der Waals surface area contributed by atoms with Gasteiger partial charge in [0.2, 0.25) is 0 Å². The van der Waals surface area contributed by atoms with E-state index in [2.05, 4.69) is 21.5 Å². The third-order valence-electron chi connectivity index (χ3n) is 2.51. The van der Waals surface area contributed by atoms with Gasteiger partial charge in [0.15, 0.2) is 5.96 Å². The van der Waals surface area contributed by atoms with Gasteiger partial charge < -0.3 is 10.6 Å². The Morgan fingerprint density at radius 2 is 2.00 bits per heavy atom. The summed E-state index contributed by atoms with van der Waals surface area (Å²) in [6.07, 6.45) is 7.20. The smallest absolute Gasteiger partial charge is 0.192 e. The van der Waals surface area contributed by atoms with Crippen LogP contribution in [0.5, 0.6) is 0 Å². The molecule has 0 aliphatic rings. The van der Waals surface area contributed by atoms with E-state index in [-0.39, 0.29) is 24.0 Å². The van der Waals surface area contributed by atoms with Crippen LogP contribution in [0.3, 0.4) is 0 Å². The van der Waals surface area contributed by atoms with Crippen molar-refractivity contribution in [2.75, 3.05) is 19.6 Å². The van der Waals surface area contributed by atoms with Crippen molar-refractivity contribution < 1.29 is 0 Å². The van der Waals surface area contributed by atoms with Crippen LogP contribution in [-0.4, -0.2) is 25.6 Å². The molecule has 0 saturated heterocycles. The number of benzene rings is 1. The van der Waals surface area contributed by atoms with Gasteiger partial charge in [0, 0.05) is 18.1 Å². The van der Waals surface area contributed by atoms with Gasteiger partial charge in [-0.3, -0.25) is 4.99 Å². The first kappa shape index (κ1) is 19.1. The Bertz CT molecular complexity index is 437. The highest BCUT2D eigenvalue weighted by Gasteiger charge is 1.96. The monoisotopic (exact) mass is 405 g/mol. The van der Waals surface area contributed by atoms with E-state index in [0.717, 1.165) is 36.9 Å². The lowest BCUT2D eigenvalue weighted by Gasteiger charge is -2.08. The highest BCUT2D eigenvalue weighted by Crippen LogP contribution is 2.10. The van der Waals surface area contributed by atoms with Crippen molar-refractivity contribution in [1.29, 1.82) is 0 Å². The number of nitrogens with zero attached hydrogens (tertiary/aromatic N) is 1.